The van der Waals surface area contributed by atoms with E-state index in [9.17, 15) is 14.7 Å². The molecule has 5 rings (SSSR count). The molecule has 3 N–H and O–H groups in total. The van der Waals surface area contributed by atoms with Crippen molar-refractivity contribution in [2.75, 3.05) is 39.1 Å². The molecule has 0 spiro atoms. The van der Waals surface area contributed by atoms with E-state index in [-0.39, 0.29) is 12.3 Å². The number of rotatable bonds is 14. The number of imidazole rings is 1. The molecule has 0 radical (unpaired) electrons. The summed E-state index contributed by atoms with van der Waals surface area (Å²) in [6.07, 6.45) is 5.43. The van der Waals surface area contributed by atoms with Gasteiger partial charge in [-0.3, -0.25) is 14.5 Å². The van der Waals surface area contributed by atoms with Crippen LogP contribution in [0.2, 0.25) is 0 Å². The van der Waals surface area contributed by atoms with Crippen molar-refractivity contribution < 1.29 is 19.4 Å². The minimum absolute atomic E-state index is 0.0472. The summed E-state index contributed by atoms with van der Waals surface area (Å²) >= 11 is 0. The molecule has 0 atom stereocenters. The number of para-hydroxylation sites is 1. The molecule has 1 aliphatic heterocycles. The second-order valence-corrected chi connectivity index (χ2v) is 11.8. The molecule has 10 nitrogen and oxygen atoms in total. The molecule has 4 aromatic rings. The Morgan fingerprint density at radius 3 is 2.61 bits per heavy atom. The molecular formula is C34H44N6O4. The molecule has 1 fully saturated rings. The van der Waals surface area contributed by atoms with Crippen LogP contribution in [0.4, 0.5) is 5.82 Å². The Bertz CT molecular complexity index is 1600. The lowest BCUT2D eigenvalue weighted by Crippen LogP contribution is -2.44. The minimum Gasteiger partial charge on any atom is -0.481 e. The third-order valence-electron chi connectivity index (χ3n) is 8.52. The summed E-state index contributed by atoms with van der Waals surface area (Å²) in [5.41, 5.74) is 10.6. The van der Waals surface area contributed by atoms with Crippen molar-refractivity contribution in [3.63, 3.8) is 0 Å². The first-order valence-electron chi connectivity index (χ1n) is 15.7. The van der Waals surface area contributed by atoms with E-state index in [4.69, 9.17) is 15.5 Å². The van der Waals surface area contributed by atoms with Crippen LogP contribution in [-0.2, 0) is 40.3 Å². The third kappa shape index (κ3) is 7.54. The molecule has 10 heteroatoms. The first-order valence-corrected chi connectivity index (χ1v) is 15.7. The number of carbonyl (C=O) groups excluding carboxylic acids is 1. The summed E-state index contributed by atoms with van der Waals surface area (Å²) in [5, 5.41) is 10.3. The third-order valence-corrected chi connectivity index (χ3v) is 8.52. The Kier molecular flexibility index (Phi) is 10.4. The van der Waals surface area contributed by atoms with E-state index in [1.54, 1.807) is 0 Å². The fourth-order valence-electron chi connectivity index (χ4n) is 6.18. The molecule has 0 saturated carbocycles. The lowest BCUT2D eigenvalue weighted by atomic mass is 10.1. The van der Waals surface area contributed by atoms with Gasteiger partial charge in [-0.05, 0) is 49.9 Å². The van der Waals surface area contributed by atoms with Gasteiger partial charge in [-0.25, -0.2) is 9.97 Å². The lowest BCUT2D eigenvalue weighted by Gasteiger charge is -2.32. The smallest absolute Gasteiger partial charge is 0.307 e. The number of likely N-dealkylation sites (N-methyl/N-ethyl adjacent to an activating group) is 1. The monoisotopic (exact) mass is 600 g/mol. The van der Waals surface area contributed by atoms with Gasteiger partial charge in [0, 0.05) is 50.7 Å². The van der Waals surface area contributed by atoms with E-state index in [1.165, 1.54) is 0 Å². The van der Waals surface area contributed by atoms with E-state index in [1.807, 2.05) is 54.4 Å². The van der Waals surface area contributed by atoms with Crippen molar-refractivity contribution in [3.8, 4) is 0 Å². The number of carbonyl (C=O) groups is 2. The van der Waals surface area contributed by atoms with Crippen LogP contribution in [0.5, 0.6) is 0 Å². The number of ether oxygens (including phenoxy) is 1. The van der Waals surface area contributed by atoms with Crippen molar-refractivity contribution in [2.24, 2.45) is 0 Å². The number of benzene rings is 2. The SMILES string of the molecule is CCCCc1nc2c(N)nc3ccccc3c2n1CCCN(Cc1cccc(CC(=O)O)c1)C(=O)CN(C)C1CCOCC1. The standard InChI is InChI=1S/C34H44N6O4/c1-3-4-13-29-37-32-33(27-11-5-6-12-28(27)36-34(32)35)40(29)17-8-16-39(22-25-10-7-9-24(20-25)21-31(42)43)30(41)23-38(2)26-14-18-44-19-15-26/h5-7,9-12,20,26H,3-4,8,13-19,21-23H2,1-2H3,(H2,35,36)(H,42,43). The Morgan fingerprint density at radius 2 is 1.84 bits per heavy atom. The number of unbranched alkanes of at least 4 members (excludes halogenated alkanes) is 1. The number of anilines is 1. The summed E-state index contributed by atoms with van der Waals surface area (Å²) in [6, 6.07) is 15.9. The Balaban J connectivity index is 1.39. The molecule has 3 heterocycles. The zero-order valence-electron chi connectivity index (χ0n) is 25.9. The highest BCUT2D eigenvalue weighted by Crippen LogP contribution is 2.29. The van der Waals surface area contributed by atoms with Gasteiger partial charge in [-0.15, -0.1) is 0 Å². The molecule has 2 aromatic carbocycles. The van der Waals surface area contributed by atoms with E-state index in [0.717, 1.165) is 90.6 Å². The maximum atomic E-state index is 13.8. The van der Waals surface area contributed by atoms with Crippen LogP contribution in [0.25, 0.3) is 21.9 Å². The number of carboxylic acid groups (broad SMARTS) is 1. The molecule has 0 bridgehead atoms. The van der Waals surface area contributed by atoms with Crippen molar-refractivity contribution >= 4 is 39.6 Å². The van der Waals surface area contributed by atoms with Crippen molar-refractivity contribution in [2.45, 2.75) is 71.0 Å². The number of pyridine rings is 1. The minimum atomic E-state index is -0.872. The summed E-state index contributed by atoms with van der Waals surface area (Å²) in [4.78, 5) is 38.8. The number of hydrogen-bond donors (Lipinski definition) is 2. The summed E-state index contributed by atoms with van der Waals surface area (Å²) in [6.45, 7) is 5.58. The topological polar surface area (TPSA) is 127 Å². The van der Waals surface area contributed by atoms with E-state index >= 15 is 0 Å². The number of nitrogen functional groups attached to an aromatic ring is 1. The highest BCUT2D eigenvalue weighted by atomic mass is 16.5. The number of aliphatic carboxylic acids is 1. The maximum absolute atomic E-state index is 13.8. The summed E-state index contributed by atoms with van der Waals surface area (Å²) in [5.74, 6) is 0.612. The number of hydrogen-bond acceptors (Lipinski definition) is 7. The molecule has 2 aromatic heterocycles. The van der Waals surface area contributed by atoms with Crippen LogP contribution in [0.3, 0.4) is 0 Å². The van der Waals surface area contributed by atoms with Crippen molar-refractivity contribution in [1.29, 1.82) is 0 Å². The number of aryl methyl sites for hydroxylation is 2. The van der Waals surface area contributed by atoms with Crippen LogP contribution in [0.1, 0.15) is 56.0 Å². The highest BCUT2D eigenvalue weighted by Gasteiger charge is 2.24. The predicted octanol–water partition coefficient (Wildman–Crippen LogP) is 4.67. The molecule has 1 aliphatic rings. The van der Waals surface area contributed by atoms with E-state index in [2.05, 4.69) is 27.4 Å². The Hall–Kier alpha value is -4.02. The van der Waals surface area contributed by atoms with E-state index < -0.39 is 5.97 Å². The Labute approximate surface area is 258 Å². The van der Waals surface area contributed by atoms with Crippen molar-refractivity contribution in [1.82, 2.24) is 24.3 Å². The van der Waals surface area contributed by atoms with Gasteiger partial charge in [-0.1, -0.05) is 55.8 Å². The molecule has 44 heavy (non-hydrogen) atoms. The summed E-state index contributed by atoms with van der Waals surface area (Å²) < 4.78 is 7.80. The van der Waals surface area contributed by atoms with Crippen LogP contribution in [0, 0.1) is 0 Å². The first kappa shape index (κ1) is 31.4. The molecular weight excluding hydrogens is 556 g/mol. The molecule has 1 saturated heterocycles. The van der Waals surface area contributed by atoms with Crippen LogP contribution in [-0.4, -0.2) is 80.7 Å². The first-order chi connectivity index (χ1) is 21.3. The normalized spacial score (nSPS) is 14.1. The molecule has 1 amide bonds. The van der Waals surface area contributed by atoms with Gasteiger partial charge < -0.3 is 25.0 Å². The zero-order chi connectivity index (χ0) is 31.1. The number of nitrogens with two attached hydrogens (primary N) is 1. The Morgan fingerprint density at radius 1 is 1.07 bits per heavy atom. The van der Waals surface area contributed by atoms with E-state index in [0.29, 0.717) is 38.0 Å². The lowest BCUT2D eigenvalue weighted by molar-refractivity contribution is -0.136. The maximum Gasteiger partial charge on any atom is 0.307 e. The number of carboxylic acids is 1. The average molecular weight is 601 g/mol. The fourth-order valence-corrected chi connectivity index (χ4v) is 6.18. The van der Waals surface area contributed by atoms with Crippen LogP contribution < -0.4 is 5.73 Å². The zero-order valence-corrected chi connectivity index (χ0v) is 25.9. The number of fused-ring (bicyclic) bond motifs is 3. The van der Waals surface area contributed by atoms with Gasteiger partial charge in [-0.2, -0.15) is 0 Å². The highest BCUT2D eigenvalue weighted by molar-refractivity contribution is 6.06. The largest absolute Gasteiger partial charge is 0.481 e. The quantitative estimate of drug-likeness (QED) is 0.214. The summed E-state index contributed by atoms with van der Waals surface area (Å²) in [7, 11) is 2.01. The second-order valence-electron chi connectivity index (χ2n) is 11.8. The van der Waals surface area contributed by atoms with Gasteiger partial charge in [0.05, 0.1) is 24.0 Å². The van der Waals surface area contributed by atoms with Crippen LogP contribution in [0.15, 0.2) is 48.5 Å². The van der Waals surface area contributed by atoms with Gasteiger partial charge in [0.25, 0.3) is 0 Å². The fraction of sp³-hybridized carbons (Fsp3) is 0.471. The van der Waals surface area contributed by atoms with Gasteiger partial charge >= 0.3 is 5.97 Å². The van der Waals surface area contributed by atoms with Crippen molar-refractivity contribution in [3.05, 3.63) is 65.5 Å². The molecule has 0 unspecified atom stereocenters. The number of aromatic nitrogens is 3. The van der Waals surface area contributed by atoms with Gasteiger partial charge in [0.2, 0.25) is 5.91 Å². The predicted molar refractivity (Wildman–Crippen MR) is 172 cm³/mol. The molecule has 234 valence electrons. The number of nitrogens with zero attached hydrogens (tertiary/aromatic N) is 5. The van der Waals surface area contributed by atoms with Gasteiger partial charge in [0.15, 0.2) is 5.82 Å². The average Bonchev–Trinajstić information content (AvgIpc) is 3.39. The second kappa shape index (κ2) is 14.6. The van der Waals surface area contributed by atoms with Crippen LogP contribution >= 0.6 is 0 Å². The molecule has 0 aliphatic carbocycles. The van der Waals surface area contributed by atoms with Gasteiger partial charge in [0.1, 0.15) is 11.3 Å². The number of amides is 1.